The second-order valence-electron chi connectivity index (χ2n) is 6.76. The van der Waals surface area contributed by atoms with Crippen molar-refractivity contribution in [2.75, 3.05) is 0 Å². The number of aromatic hydroxyl groups is 1. The van der Waals surface area contributed by atoms with Crippen LogP contribution in [-0.4, -0.2) is 5.11 Å². The first kappa shape index (κ1) is 20.5. The molecule has 0 amide bonds. The normalized spacial score (nSPS) is 11.0. The molecule has 31 heavy (non-hydrogen) atoms. The fourth-order valence-corrected chi connectivity index (χ4v) is 3.41. The Hall–Kier alpha value is -3.74. The van der Waals surface area contributed by atoms with E-state index in [1.54, 1.807) is 0 Å². The quantitative estimate of drug-likeness (QED) is 0.340. The Kier molecular flexibility index (Phi) is 5.19. The second-order valence-corrected chi connectivity index (χ2v) is 6.76. The summed E-state index contributed by atoms with van der Waals surface area (Å²) in [6.07, 6.45) is 0. The molecule has 0 saturated carbocycles. The number of benzene rings is 4. The summed E-state index contributed by atoms with van der Waals surface area (Å²) in [5.74, 6) is -6.23. The molecule has 0 spiro atoms. The first-order valence-corrected chi connectivity index (χ1v) is 8.98. The van der Waals surface area contributed by atoms with Crippen LogP contribution in [0.15, 0.2) is 66.7 Å². The standard InChI is InChI=1S/C24H12F6O/c25-12-1-4-15(20(28)9-12)17-7-8-18(16-5-2-13(26)10-21(16)29)24(31)23(17)19-6-3-14(27)11-22(19)30/h1-11,31H. The first-order valence-electron chi connectivity index (χ1n) is 8.98. The van der Waals surface area contributed by atoms with Gasteiger partial charge in [0.25, 0.3) is 0 Å². The molecule has 0 heterocycles. The van der Waals surface area contributed by atoms with Gasteiger partial charge in [-0.3, -0.25) is 0 Å². The number of rotatable bonds is 3. The highest BCUT2D eigenvalue weighted by atomic mass is 19.2. The Balaban J connectivity index is 2.06. The van der Waals surface area contributed by atoms with Crippen molar-refractivity contribution in [1.29, 1.82) is 0 Å². The van der Waals surface area contributed by atoms with Crippen LogP contribution >= 0.6 is 0 Å². The molecule has 0 aliphatic heterocycles. The molecule has 4 aromatic rings. The van der Waals surface area contributed by atoms with E-state index in [1.165, 1.54) is 12.1 Å². The minimum absolute atomic E-state index is 0.0354. The first-order chi connectivity index (χ1) is 14.8. The van der Waals surface area contributed by atoms with Crippen molar-refractivity contribution < 1.29 is 31.4 Å². The van der Waals surface area contributed by atoms with Crippen molar-refractivity contribution in [2.45, 2.75) is 0 Å². The predicted octanol–water partition coefficient (Wildman–Crippen LogP) is 7.23. The lowest BCUT2D eigenvalue weighted by Crippen LogP contribution is -1.96. The minimum Gasteiger partial charge on any atom is -0.507 e. The maximum absolute atomic E-state index is 14.6. The molecule has 0 bridgehead atoms. The van der Waals surface area contributed by atoms with E-state index in [2.05, 4.69) is 0 Å². The van der Waals surface area contributed by atoms with Crippen LogP contribution in [0.1, 0.15) is 0 Å². The Morgan fingerprint density at radius 1 is 0.419 bits per heavy atom. The number of phenols is 1. The van der Waals surface area contributed by atoms with Crippen LogP contribution in [0.4, 0.5) is 26.3 Å². The SMILES string of the molecule is Oc1c(-c2ccc(F)cc2F)ccc(-c2ccc(F)cc2F)c1-c1ccc(F)cc1F. The summed E-state index contributed by atoms with van der Waals surface area (Å²) < 4.78 is 83.6. The van der Waals surface area contributed by atoms with Crippen LogP contribution in [0.3, 0.4) is 0 Å². The molecule has 0 aromatic heterocycles. The van der Waals surface area contributed by atoms with Gasteiger partial charge in [0.1, 0.15) is 40.7 Å². The number of hydrogen-bond acceptors (Lipinski definition) is 1. The maximum atomic E-state index is 14.6. The summed E-state index contributed by atoms with van der Waals surface area (Å²) in [6, 6.07) is 10.4. The van der Waals surface area contributed by atoms with Gasteiger partial charge in [-0.15, -0.1) is 0 Å². The third-order valence-electron chi connectivity index (χ3n) is 4.82. The van der Waals surface area contributed by atoms with Crippen molar-refractivity contribution >= 4 is 0 Å². The number of hydrogen-bond donors (Lipinski definition) is 1. The molecule has 156 valence electrons. The van der Waals surface area contributed by atoms with Crippen molar-refractivity contribution in [2.24, 2.45) is 0 Å². The summed E-state index contributed by atoms with van der Waals surface area (Å²) in [7, 11) is 0. The topological polar surface area (TPSA) is 20.2 Å². The highest BCUT2D eigenvalue weighted by molar-refractivity contribution is 5.93. The van der Waals surface area contributed by atoms with Crippen molar-refractivity contribution in [3.63, 3.8) is 0 Å². The molecule has 4 rings (SSSR count). The van der Waals surface area contributed by atoms with Gasteiger partial charge < -0.3 is 5.11 Å². The fraction of sp³-hybridized carbons (Fsp3) is 0. The van der Waals surface area contributed by atoms with E-state index in [0.29, 0.717) is 18.2 Å². The van der Waals surface area contributed by atoms with E-state index in [4.69, 9.17) is 0 Å². The van der Waals surface area contributed by atoms with E-state index in [9.17, 15) is 31.4 Å². The Labute approximate surface area is 172 Å². The van der Waals surface area contributed by atoms with E-state index >= 15 is 0 Å². The Morgan fingerprint density at radius 2 is 0.774 bits per heavy atom. The maximum Gasteiger partial charge on any atom is 0.134 e. The van der Waals surface area contributed by atoms with E-state index in [0.717, 1.165) is 36.4 Å². The van der Waals surface area contributed by atoms with E-state index in [-0.39, 0.29) is 33.4 Å². The predicted molar refractivity (Wildman–Crippen MR) is 104 cm³/mol. The van der Waals surface area contributed by atoms with Crippen LogP contribution in [0, 0.1) is 34.9 Å². The minimum atomic E-state index is -1.06. The Bertz CT molecular complexity index is 1320. The van der Waals surface area contributed by atoms with E-state index < -0.39 is 40.7 Å². The molecule has 4 aromatic carbocycles. The van der Waals surface area contributed by atoms with Crippen molar-refractivity contribution in [3.05, 3.63) is 102 Å². The molecular formula is C24H12F6O. The zero-order valence-electron chi connectivity index (χ0n) is 15.6. The molecule has 1 N–H and O–H groups in total. The molecular weight excluding hydrogens is 418 g/mol. The average Bonchev–Trinajstić information content (AvgIpc) is 2.69. The van der Waals surface area contributed by atoms with Crippen LogP contribution in [0.25, 0.3) is 33.4 Å². The third-order valence-corrected chi connectivity index (χ3v) is 4.82. The summed E-state index contributed by atoms with van der Waals surface area (Å²) in [4.78, 5) is 0. The summed E-state index contributed by atoms with van der Waals surface area (Å²) >= 11 is 0. The summed E-state index contributed by atoms with van der Waals surface area (Å²) in [5, 5.41) is 11.0. The van der Waals surface area contributed by atoms with Gasteiger partial charge >= 0.3 is 0 Å². The van der Waals surface area contributed by atoms with Crippen LogP contribution in [0.2, 0.25) is 0 Å². The van der Waals surface area contributed by atoms with E-state index in [1.807, 2.05) is 0 Å². The van der Waals surface area contributed by atoms with Gasteiger partial charge in [0.2, 0.25) is 0 Å². The van der Waals surface area contributed by atoms with Gasteiger partial charge in [-0.05, 0) is 48.0 Å². The Morgan fingerprint density at radius 3 is 1.23 bits per heavy atom. The number of halogens is 6. The average molecular weight is 430 g/mol. The molecule has 0 saturated heterocycles. The zero-order chi connectivity index (χ0) is 22.3. The smallest absolute Gasteiger partial charge is 0.134 e. The lowest BCUT2D eigenvalue weighted by atomic mass is 9.89. The summed E-state index contributed by atoms with van der Waals surface area (Å²) in [5.41, 5.74) is -1.06. The highest BCUT2D eigenvalue weighted by Gasteiger charge is 2.23. The highest BCUT2D eigenvalue weighted by Crippen LogP contribution is 2.46. The molecule has 0 radical (unpaired) electrons. The van der Waals surface area contributed by atoms with Crippen LogP contribution < -0.4 is 0 Å². The summed E-state index contributed by atoms with van der Waals surface area (Å²) in [6.45, 7) is 0. The van der Waals surface area contributed by atoms with Gasteiger partial charge in [-0.1, -0.05) is 6.07 Å². The van der Waals surface area contributed by atoms with Gasteiger partial charge in [0, 0.05) is 46.0 Å². The van der Waals surface area contributed by atoms with Gasteiger partial charge in [-0.2, -0.15) is 0 Å². The largest absolute Gasteiger partial charge is 0.507 e. The second kappa shape index (κ2) is 7.83. The molecule has 0 fully saturated rings. The van der Waals surface area contributed by atoms with Crippen molar-refractivity contribution in [1.82, 2.24) is 0 Å². The zero-order valence-corrected chi connectivity index (χ0v) is 15.6. The molecule has 1 nitrogen and oxygen atoms in total. The van der Waals surface area contributed by atoms with Crippen LogP contribution in [0.5, 0.6) is 5.75 Å². The molecule has 7 heteroatoms. The molecule has 0 aliphatic carbocycles. The third kappa shape index (κ3) is 3.74. The van der Waals surface area contributed by atoms with Gasteiger partial charge in [0.15, 0.2) is 0 Å². The lowest BCUT2D eigenvalue weighted by molar-refractivity contribution is 0.478. The molecule has 0 unspecified atom stereocenters. The lowest BCUT2D eigenvalue weighted by Gasteiger charge is -2.17. The molecule has 0 atom stereocenters. The number of phenolic OH excluding ortho intramolecular Hbond substituents is 1. The fourth-order valence-electron chi connectivity index (χ4n) is 3.41. The monoisotopic (exact) mass is 430 g/mol. The van der Waals surface area contributed by atoms with Crippen molar-refractivity contribution in [3.8, 4) is 39.1 Å². The van der Waals surface area contributed by atoms with Gasteiger partial charge in [0.05, 0.1) is 0 Å². The molecule has 0 aliphatic rings. The van der Waals surface area contributed by atoms with Gasteiger partial charge in [-0.25, -0.2) is 26.3 Å². The van der Waals surface area contributed by atoms with Crippen LogP contribution in [-0.2, 0) is 0 Å².